The minimum absolute atomic E-state index is 0.0685. The summed E-state index contributed by atoms with van der Waals surface area (Å²) in [6.07, 6.45) is -5.34. The number of nitrogens with zero attached hydrogens (tertiary/aromatic N) is 1. The molecule has 12 nitrogen and oxygen atoms in total. The Kier molecular flexibility index (Phi) is 9.28. The third-order valence-corrected chi connectivity index (χ3v) is 6.42. The average Bonchev–Trinajstić information content (AvgIpc) is 2.80. The lowest BCUT2D eigenvalue weighted by molar-refractivity contribution is -0.237. The number of carbonyl (C=O) groups excluding carboxylic acids is 5. The molecule has 0 saturated carbocycles. The lowest BCUT2D eigenvalue weighted by atomic mass is 9.99. The maximum absolute atomic E-state index is 13.3. The third-order valence-electron chi connectivity index (χ3n) is 5.37. The topological polar surface area (TPSA) is 165 Å². The van der Waals surface area contributed by atoms with Crippen LogP contribution in [0.2, 0.25) is 0 Å². The zero-order chi connectivity index (χ0) is 28.1. The molecule has 2 aromatic rings. The van der Waals surface area contributed by atoms with Crippen LogP contribution in [0.4, 0.5) is 0 Å². The molecule has 0 spiro atoms. The largest absolute Gasteiger partial charge is 0.506 e. The number of thioether (sulfide) groups is 1. The molecule has 1 aliphatic heterocycles. The van der Waals surface area contributed by atoms with Gasteiger partial charge in [0.25, 0.3) is 0 Å². The van der Waals surface area contributed by atoms with Gasteiger partial charge in [0.1, 0.15) is 18.5 Å². The number of aromatic nitrogens is 1. The summed E-state index contributed by atoms with van der Waals surface area (Å²) in [4.78, 5) is 64.9. The number of hydrogen-bond donors (Lipinski definition) is 1. The van der Waals surface area contributed by atoms with Gasteiger partial charge in [0.05, 0.1) is 11.1 Å². The number of aromatic hydroxyl groups is 1. The first-order chi connectivity index (χ1) is 17.9. The number of ether oxygens (including phenoxy) is 5. The first-order valence-electron chi connectivity index (χ1n) is 11.5. The van der Waals surface area contributed by atoms with E-state index in [1.54, 1.807) is 25.1 Å². The zero-order valence-electron chi connectivity index (χ0n) is 21.3. The van der Waals surface area contributed by atoms with Crippen LogP contribution >= 0.6 is 11.8 Å². The van der Waals surface area contributed by atoms with Crippen molar-refractivity contribution in [1.82, 2.24) is 4.98 Å². The van der Waals surface area contributed by atoms with Crippen LogP contribution in [0, 0.1) is 6.92 Å². The molecule has 1 saturated heterocycles. The molecular formula is C25H27NO11S. The molecule has 204 valence electrons. The molecule has 3 rings (SSSR count). The smallest absolute Gasteiger partial charge is 0.303 e. The molecule has 1 aromatic heterocycles. The van der Waals surface area contributed by atoms with Crippen LogP contribution in [0.1, 0.15) is 43.7 Å². The SMILES string of the molecule is CC(=O)OC[C@H]1O[C@@H](SC(=O)c2ccc3nc(C)ccc3c2O)[C@H](OC(C)=O)[C@@H](OC(C)=O)[C@H]1OC(C)=O. The van der Waals surface area contributed by atoms with Crippen molar-refractivity contribution in [3.8, 4) is 5.75 Å². The van der Waals surface area contributed by atoms with Crippen molar-refractivity contribution in [2.24, 2.45) is 0 Å². The van der Waals surface area contributed by atoms with Gasteiger partial charge in [-0.15, -0.1) is 0 Å². The molecule has 2 heterocycles. The number of pyridine rings is 1. The van der Waals surface area contributed by atoms with Gasteiger partial charge in [0.2, 0.25) is 5.12 Å². The Morgan fingerprint density at radius 2 is 1.47 bits per heavy atom. The van der Waals surface area contributed by atoms with Crippen molar-refractivity contribution in [3.63, 3.8) is 0 Å². The number of phenolic OH excluding ortho intramolecular Hbond substituents is 1. The molecular weight excluding hydrogens is 522 g/mol. The van der Waals surface area contributed by atoms with Gasteiger partial charge in [0.15, 0.2) is 23.7 Å². The lowest BCUT2D eigenvalue weighted by Crippen LogP contribution is -2.61. The number of phenols is 1. The molecule has 1 fully saturated rings. The van der Waals surface area contributed by atoms with E-state index in [-0.39, 0.29) is 11.3 Å². The minimum atomic E-state index is -1.41. The number of fused-ring (bicyclic) bond motifs is 1. The standard InChI is InChI=1S/C25H27NO11S/c1-11-6-7-16-18(26-11)9-8-17(20(16)31)24(32)38-25-23(36-15(5)30)22(35-14(4)29)21(34-13(3)28)19(37-25)10-33-12(2)27/h6-9,19,21-23,25,31H,10H2,1-5H3/t19-,21+,22+,23-,25+/m1/s1. The molecule has 0 radical (unpaired) electrons. The van der Waals surface area contributed by atoms with Crippen molar-refractivity contribution >= 4 is 51.7 Å². The Balaban J connectivity index is 2.00. The Hall–Kier alpha value is -3.71. The Bertz CT molecular complexity index is 1260. The third kappa shape index (κ3) is 6.98. The van der Waals surface area contributed by atoms with Gasteiger partial charge in [-0.1, -0.05) is 0 Å². The summed E-state index contributed by atoms with van der Waals surface area (Å²) in [6.45, 7) is 5.83. The van der Waals surface area contributed by atoms with E-state index in [1.807, 2.05) is 0 Å². The van der Waals surface area contributed by atoms with E-state index in [9.17, 15) is 29.1 Å². The van der Waals surface area contributed by atoms with Gasteiger partial charge in [-0.2, -0.15) is 0 Å². The van der Waals surface area contributed by atoms with Crippen LogP contribution in [-0.4, -0.2) is 75.5 Å². The van der Waals surface area contributed by atoms with E-state index in [1.165, 1.54) is 6.07 Å². The predicted molar refractivity (Wildman–Crippen MR) is 132 cm³/mol. The van der Waals surface area contributed by atoms with Crippen LogP contribution in [0.3, 0.4) is 0 Å². The van der Waals surface area contributed by atoms with Gasteiger partial charge in [0, 0.05) is 38.8 Å². The first kappa shape index (κ1) is 28.9. The van der Waals surface area contributed by atoms with Gasteiger partial charge < -0.3 is 28.8 Å². The van der Waals surface area contributed by atoms with Crippen LogP contribution in [-0.2, 0) is 42.9 Å². The van der Waals surface area contributed by atoms with Crippen molar-refractivity contribution in [2.75, 3.05) is 6.61 Å². The normalized spacial score (nSPS) is 22.8. The highest BCUT2D eigenvalue weighted by atomic mass is 32.2. The first-order valence-corrected chi connectivity index (χ1v) is 12.4. The highest BCUT2D eigenvalue weighted by molar-refractivity contribution is 8.14. The summed E-state index contributed by atoms with van der Waals surface area (Å²) >= 11 is 0.548. The van der Waals surface area contributed by atoms with Crippen LogP contribution in [0.25, 0.3) is 10.9 Å². The number of aryl methyl sites for hydroxylation is 1. The summed E-state index contributed by atoms with van der Waals surface area (Å²) in [6, 6.07) is 6.28. The molecule has 1 N–H and O–H groups in total. The number of hydrogen-bond acceptors (Lipinski definition) is 13. The minimum Gasteiger partial charge on any atom is -0.506 e. The fourth-order valence-corrected chi connectivity index (χ4v) is 4.95. The number of rotatable bonds is 7. The monoisotopic (exact) mass is 549 g/mol. The zero-order valence-corrected chi connectivity index (χ0v) is 22.1. The molecule has 38 heavy (non-hydrogen) atoms. The van der Waals surface area contributed by atoms with E-state index < -0.39 is 65.5 Å². The van der Waals surface area contributed by atoms with E-state index in [0.717, 1.165) is 33.4 Å². The Morgan fingerprint density at radius 3 is 2.08 bits per heavy atom. The van der Waals surface area contributed by atoms with E-state index >= 15 is 0 Å². The van der Waals surface area contributed by atoms with Crippen molar-refractivity contribution < 1.29 is 52.8 Å². The molecule has 0 aliphatic carbocycles. The fraction of sp³-hybridized carbons (Fsp3) is 0.440. The van der Waals surface area contributed by atoms with Gasteiger partial charge >= 0.3 is 23.9 Å². The Labute approximate surface area is 221 Å². The second kappa shape index (κ2) is 12.2. The van der Waals surface area contributed by atoms with Gasteiger partial charge in [-0.25, -0.2) is 0 Å². The number of benzene rings is 1. The molecule has 1 aromatic carbocycles. The molecule has 5 atom stereocenters. The average molecular weight is 550 g/mol. The fourth-order valence-electron chi connectivity index (χ4n) is 3.91. The predicted octanol–water partition coefficient (Wildman–Crippen LogP) is 2.21. The van der Waals surface area contributed by atoms with Gasteiger partial charge in [-0.3, -0.25) is 29.0 Å². The highest BCUT2D eigenvalue weighted by Crippen LogP contribution is 2.38. The summed E-state index contributed by atoms with van der Waals surface area (Å²) < 4.78 is 27.0. The van der Waals surface area contributed by atoms with E-state index in [4.69, 9.17) is 23.7 Å². The number of esters is 4. The Morgan fingerprint density at radius 1 is 0.868 bits per heavy atom. The molecule has 0 amide bonds. The quantitative estimate of drug-likeness (QED) is 0.395. The van der Waals surface area contributed by atoms with Crippen molar-refractivity contribution in [2.45, 2.75) is 64.5 Å². The maximum Gasteiger partial charge on any atom is 0.303 e. The lowest BCUT2D eigenvalue weighted by Gasteiger charge is -2.43. The molecule has 1 aliphatic rings. The second-order valence-electron chi connectivity index (χ2n) is 8.45. The van der Waals surface area contributed by atoms with Crippen molar-refractivity contribution in [3.05, 3.63) is 35.5 Å². The summed E-state index contributed by atoms with van der Waals surface area (Å²) in [5.74, 6) is -3.31. The molecule has 0 unspecified atom stereocenters. The van der Waals surface area contributed by atoms with Crippen molar-refractivity contribution in [1.29, 1.82) is 0 Å². The summed E-state index contributed by atoms with van der Waals surface area (Å²) in [7, 11) is 0. The number of carbonyl (C=O) groups is 5. The molecule has 0 bridgehead atoms. The summed E-state index contributed by atoms with van der Waals surface area (Å²) in [5.41, 5.74) is -0.172. The van der Waals surface area contributed by atoms with Crippen LogP contribution < -0.4 is 0 Å². The second-order valence-corrected chi connectivity index (χ2v) is 9.53. The maximum atomic E-state index is 13.3. The van der Waals surface area contributed by atoms with Crippen LogP contribution in [0.15, 0.2) is 24.3 Å². The highest BCUT2D eigenvalue weighted by Gasteiger charge is 2.53. The van der Waals surface area contributed by atoms with Gasteiger partial charge in [-0.05, 0) is 43.0 Å². The molecule has 13 heteroatoms. The summed E-state index contributed by atoms with van der Waals surface area (Å²) in [5, 5.41) is 10.5. The van der Waals surface area contributed by atoms with E-state index in [2.05, 4.69) is 4.98 Å². The van der Waals surface area contributed by atoms with E-state index in [0.29, 0.717) is 22.7 Å². The van der Waals surface area contributed by atoms with Crippen LogP contribution in [0.5, 0.6) is 5.75 Å².